The molecule has 5 rings (SSSR count). The van der Waals surface area contributed by atoms with E-state index in [1.165, 1.54) is 12.4 Å². The van der Waals surface area contributed by atoms with Crippen LogP contribution in [0.3, 0.4) is 0 Å². The van der Waals surface area contributed by atoms with Gasteiger partial charge in [-0.15, -0.1) is 0 Å². The van der Waals surface area contributed by atoms with Crippen molar-refractivity contribution in [2.45, 2.75) is 46.2 Å². The number of amides is 1. The average Bonchev–Trinajstić information content (AvgIpc) is 3.23. The molecule has 9 nitrogen and oxygen atoms in total. The number of aromatic amines is 1. The van der Waals surface area contributed by atoms with Crippen LogP contribution in [0.2, 0.25) is 0 Å². The topological polar surface area (TPSA) is 108 Å². The highest BCUT2D eigenvalue weighted by molar-refractivity contribution is 6.08. The zero-order valence-electron chi connectivity index (χ0n) is 22.7. The molecule has 0 saturated carbocycles. The fourth-order valence-corrected chi connectivity index (χ4v) is 5.84. The van der Waals surface area contributed by atoms with Crippen molar-refractivity contribution in [3.63, 3.8) is 0 Å². The molecule has 1 fully saturated rings. The summed E-state index contributed by atoms with van der Waals surface area (Å²) in [4.78, 5) is 39.3. The van der Waals surface area contributed by atoms with Crippen molar-refractivity contribution >= 4 is 28.4 Å². The molecule has 39 heavy (non-hydrogen) atoms. The fourth-order valence-electron chi connectivity index (χ4n) is 5.84. The fraction of sp³-hybridized carbons (Fsp3) is 0.379. The number of aromatic nitrogens is 4. The van der Waals surface area contributed by atoms with Gasteiger partial charge in [-0.3, -0.25) is 9.59 Å². The summed E-state index contributed by atoms with van der Waals surface area (Å²) in [5, 5.41) is 6.93. The number of benzene rings is 1. The molecule has 1 aromatic carbocycles. The van der Waals surface area contributed by atoms with Gasteiger partial charge in [-0.25, -0.2) is 14.4 Å². The van der Waals surface area contributed by atoms with E-state index in [2.05, 4.69) is 48.0 Å². The van der Waals surface area contributed by atoms with Crippen molar-refractivity contribution in [2.24, 2.45) is 5.92 Å². The Kier molecular flexibility index (Phi) is 7.36. The van der Waals surface area contributed by atoms with Crippen molar-refractivity contribution in [1.82, 2.24) is 24.8 Å². The van der Waals surface area contributed by atoms with Crippen molar-refractivity contribution in [2.75, 3.05) is 30.4 Å². The maximum Gasteiger partial charge on any atom is 0.255 e. The lowest BCUT2D eigenvalue weighted by molar-refractivity contribution is 0.0951. The van der Waals surface area contributed by atoms with Gasteiger partial charge in [-0.2, -0.15) is 0 Å². The molecule has 204 valence electrons. The highest BCUT2D eigenvalue weighted by atomic mass is 19.1. The first kappa shape index (κ1) is 26.4. The van der Waals surface area contributed by atoms with Gasteiger partial charge in [0.25, 0.3) is 11.5 Å². The first-order valence-corrected chi connectivity index (χ1v) is 13.3. The summed E-state index contributed by atoms with van der Waals surface area (Å²) in [5.41, 5.74) is 4.26. The molecule has 1 saturated heterocycles. The van der Waals surface area contributed by atoms with E-state index in [-0.39, 0.29) is 24.1 Å². The van der Waals surface area contributed by atoms with Crippen molar-refractivity contribution in [1.29, 1.82) is 0 Å². The van der Waals surface area contributed by atoms with Crippen LogP contribution in [0.15, 0.2) is 47.5 Å². The number of nitrogens with zero attached hydrogens (tertiary/aromatic N) is 4. The van der Waals surface area contributed by atoms with Gasteiger partial charge in [-0.1, -0.05) is 18.2 Å². The molecular weight excluding hydrogens is 497 g/mol. The lowest BCUT2D eigenvalue weighted by Gasteiger charge is -2.36. The normalized spacial score (nSPS) is 14.9. The van der Waals surface area contributed by atoms with Gasteiger partial charge in [-0.05, 0) is 51.7 Å². The van der Waals surface area contributed by atoms with Gasteiger partial charge >= 0.3 is 0 Å². The molecule has 1 atom stereocenters. The molecule has 4 heterocycles. The van der Waals surface area contributed by atoms with Crippen LogP contribution in [-0.2, 0) is 6.54 Å². The molecule has 3 N–H and O–H groups in total. The van der Waals surface area contributed by atoms with Crippen molar-refractivity contribution in [3.8, 4) is 0 Å². The van der Waals surface area contributed by atoms with E-state index in [0.717, 1.165) is 48.2 Å². The number of pyridine rings is 1. The average molecular weight is 532 g/mol. The quantitative estimate of drug-likeness (QED) is 0.328. The standard InChI is InChI=1S/C29H34FN7O2/c1-17-13-24(31-4)23(27(38)35-17)16-32-28(39)26-19(3)37(25-8-6-5-7-22(25)26)18(2)20-9-11-36(12-10-20)29-33-14-21(30)15-34-29/h5-8,13-15,18,20H,9-12,16H2,1-4H3,(H,32,39)(H2,31,35,38)/t18-/m1/s1. The third-order valence-corrected chi connectivity index (χ3v) is 7.87. The SMILES string of the molecule is CNc1cc(C)[nH]c(=O)c1CNC(=O)c1c(C)n([C@H](C)C2CCN(c3ncc(F)cn3)CC2)c2ccccc12. The molecular formula is C29H34FN7O2. The van der Waals surface area contributed by atoms with E-state index in [1.807, 2.05) is 38.1 Å². The highest BCUT2D eigenvalue weighted by Crippen LogP contribution is 2.36. The number of fused-ring (bicyclic) bond motifs is 1. The third kappa shape index (κ3) is 5.10. The number of anilines is 2. The van der Waals surface area contributed by atoms with Crippen LogP contribution in [0, 0.1) is 25.6 Å². The zero-order chi connectivity index (χ0) is 27.7. The maximum atomic E-state index is 13.6. The molecule has 0 bridgehead atoms. The summed E-state index contributed by atoms with van der Waals surface area (Å²) in [6.45, 7) is 7.70. The van der Waals surface area contributed by atoms with Gasteiger partial charge in [0, 0.05) is 54.2 Å². The number of halogens is 1. The predicted octanol–water partition coefficient (Wildman–Crippen LogP) is 4.32. The zero-order valence-corrected chi connectivity index (χ0v) is 22.7. The second-order valence-electron chi connectivity index (χ2n) is 10.2. The van der Waals surface area contributed by atoms with Crippen LogP contribution in [0.25, 0.3) is 10.9 Å². The Morgan fingerprint density at radius 2 is 1.87 bits per heavy atom. The number of carbonyl (C=O) groups is 1. The van der Waals surface area contributed by atoms with E-state index >= 15 is 0 Å². The number of hydrogen-bond donors (Lipinski definition) is 3. The van der Waals surface area contributed by atoms with Gasteiger partial charge in [0.1, 0.15) is 0 Å². The summed E-state index contributed by atoms with van der Waals surface area (Å²) < 4.78 is 15.5. The lowest BCUT2D eigenvalue weighted by Crippen LogP contribution is -2.37. The van der Waals surface area contributed by atoms with Gasteiger partial charge in [0.05, 0.1) is 30.1 Å². The molecule has 0 unspecified atom stereocenters. The number of carbonyl (C=O) groups excluding carboxylic acids is 1. The van der Waals surface area contributed by atoms with Crippen LogP contribution in [0.1, 0.15) is 53.1 Å². The first-order chi connectivity index (χ1) is 18.8. The maximum absolute atomic E-state index is 13.6. The molecule has 1 aliphatic heterocycles. The summed E-state index contributed by atoms with van der Waals surface area (Å²) in [5.74, 6) is 0.291. The number of H-pyrrole nitrogens is 1. The Bertz CT molecular complexity index is 1550. The Balaban J connectivity index is 1.37. The predicted molar refractivity (Wildman–Crippen MR) is 151 cm³/mol. The number of para-hydroxylation sites is 1. The monoisotopic (exact) mass is 531 g/mol. The Morgan fingerprint density at radius 1 is 1.18 bits per heavy atom. The molecule has 0 aliphatic carbocycles. The molecule has 0 radical (unpaired) electrons. The van der Waals surface area contributed by atoms with E-state index in [4.69, 9.17) is 0 Å². The van der Waals surface area contributed by atoms with Crippen molar-refractivity contribution < 1.29 is 9.18 Å². The van der Waals surface area contributed by atoms with Crippen LogP contribution in [0.5, 0.6) is 0 Å². The van der Waals surface area contributed by atoms with Crippen LogP contribution in [0.4, 0.5) is 16.0 Å². The van der Waals surface area contributed by atoms with E-state index in [9.17, 15) is 14.0 Å². The highest BCUT2D eigenvalue weighted by Gasteiger charge is 2.30. The van der Waals surface area contributed by atoms with E-state index < -0.39 is 5.82 Å². The molecule has 1 aliphatic rings. The molecule has 1 amide bonds. The molecule has 0 spiro atoms. The molecule has 3 aromatic heterocycles. The third-order valence-electron chi connectivity index (χ3n) is 7.87. The minimum atomic E-state index is -0.440. The minimum Gasteiger partial charge on any atom is -0.388 e. The van der Waals surface area contributed by atoms with Crippen molar-refractivity contribution in [3.05, 3.63) is 81.4 Å². The number of piperidine rings is 1. The van der Waals surface area contributed by atoms with Gasteiger partial charge < -0.3 is 25.1 Å². The smallest absolute Gasteiger partial charge is 0.255 e. The lowest BCUT2D eigenvalue weighted by atomic mass is 9.90. The Hall–Kier alpha value is -4.21. The first-order valence-electron chi connectivity index (χ1n) is 13.3. The van der Waals surface area contributed by atoms with Crippen LogP contribution < -0.4 is 21.1 Å². The van der Waals surface area contributed by atoms with Gasteiger partial charge in [0.2, 0.25) is 5.95 Å². The van der Waals surface area contributed by atoms with E-state index in [0.29, 0.717) is 28.7 Å². The Labute approximate surface area is 226 Å². The summed E-state index contributed by atoms with van der Waals surface area (Å²) in [6, 6.07) is 9.98. The summed E-state index contributed by atoms with van der Waals surface area (Å²) >= 11 is 0. The summed E-state index contributed by atoms with van der Waals surface area (Å²) in [7, 11) is 1.76. The van der Waals surface area contributed by atoms with E-state index in [1.54, 1.807) is 7.05 Å². The second-order valence-corrected chi connectivity index (χ2v) is 10.2. The molecule has 10 heteroatoms. The van der Waals surface area contributed by atoms with Crippen LogP contribution >= 0.6 is 0 Å². The number of hydrogen-bond acceptors (Lipinski definition) is 6. The summed E-state index contributed by atoms with van der Waals surface area (Å²) in [6.07, 6.45) is 4.26. The number of aryl methyl sites for hydroxylation is 1. The van der Waals surface area contributed by atoms with Gasteiger partial charge in [0.15, 0.2) is 5.82 Å². The minimum absolute atomic E-state index is 0.114. The Morgan fingerprint density at radius 3 is 2.56 bits per heavy atom. The second kappa shape index (κ2) is 10.9. The largest absolute Gasteiger partial charge is 0.388 e. The molecule has 4 aromatic rings. The number of rotatable bonds is 7. The van der Waals surface area contributed by atoms with Crippen LogP contribution in [-0.4, -0.2) is 45.6 Å². The number of nitrogens with one attached hydrogen (secondary N) is 3.